The van der Waals surface area contributed by atoms with Crippen molar-refractivity contribution in [2.45, 2.75) is 25.8 Å². The fourth-order valence-corrected chi connectivity index (χ4v) is 2.50. The van der Waals surface area contributed by atoms with Crippen molar-refractivity contribution >= 4 is 17.3 Å². The number of hydrogen-bond acceptors (Lipinski definition) is 3. The summed E-state index contributed by atoms with van der Waals surface area (Å²) in [6.45, 7) is 3.70. The standard InChI is InChI=1S/C15H23N3O/c1-4-16-14-6-5-11-18(15(14)19)13-9-7-12(8-10-13)17(2)3/h7-10,14,16H,4-6,11H2,1-3H3. The first-order chi connectivity index (χ1) is 9.13. The molecule has 1 aromatic rings. The molecule has 4 nitrogen and oxygen atoms in total. The minimum Gasteiger partial charge on any atom is -0.378 e. The molecular weight excluding hydrogens is 238 g/mol. The highest BCUT2D eigenvalue weighted by Crippen LogP contribution is 2.23. The zero-order valence-corrected chi connectivity index (χ0v) is 12.0. The van der Waals surface area contributed by atoms with Gasteiger partial charge in [0.2, 0.25) is 5.91 Å². The summed E-state index contributed by atoms with van der Waals surface area (Å²) in [7, 11) is 4.03. The van der Waals surface area contributed by atoms with E-state index in [0.29, 0.717) is 0 Å². The Bertz CT molecular complexity index is 426. The second-order valence-electron chi connectivity index (χ2n) is 5.15. The molecule has 1 N–H and O–H groups in total. The molecular formula is C15H23N3O. The van der Waals surface area contributed by atoms with Crippen LogP contribution >= 0.6 is 0 Å². The molecule has 1 aliphatic heterocycles. The van der Waals surface area contributed by atoms with Crippen LogP contribution in [0.3, 0.4) is 0 Å². The van der Waals surface area contributed by atoms with Crippen LogP contribution in [0, 0.1) is 0 Å². The fraction of sp³-hybridized carbons (Fsp3) is 0.533. The molecule has 1 fully saturated rings. The van der Waals surface area contributed by atoms with Crippen LogP contribution in [0.5, 0.6) is 0 Å². The summed E-state index contributed by atoms with van der Waals surface area (Å²) in [6.07, 6.45) is 2.00. The fourth-order valence-electron chi connectivity index (χ4n) is 2.50. The zero-order chi connectivity index (χ0) is 13.8. The van der Waals surface area contributed by atoms with E-state index in [2.05, 4.69) is 22.3 Å². The average Bonchev–Trinajstić information content (AvgIpc) is 2.41. The van der Waals surface area contributed by atoms with Crippen molar-refractivity contribution in [1.29, 1.82) is 0 Å². The van der Waals surface area contributed by atoms with E-state index >= 15 is 0 Å². The van der Waals surface area contributed by atoms with Crippen molar-refractivity contribution in [3.63, 3.8) is 0 Å². The van der Waals surface area contributed by atoms with Crippen LogP contribution in [0.4, 0.5) is 11.4 Å². The summed E-state index contributed by atoms with van der Waals surface area (Å²) < 4.78 is 0. The molecule has 2 rings (SSSR count). The molecule has 0 aliphatic carbocycles. The molecule has 1 aliphatic rings. The smallest absolute Gasteiger partial charge is 0.244 e. The van der Waals surface area contributed by atoms with E-state index in [1.807, 2.05) is 38.1 Å². The summed E-state index contributed by atoms with van der Waals surface area (Å²) >= 11 is 0. The third-order valence-electron chi connectivity index (χ3n) is 3.57. The monoisotopic (exact) mass is 261 g/mol. The SMILES string of the molecule is CCNC1CCCN(c2ccc(N(C)C)cc2)C1=O. The van der Waals surface area contributed by atoms with Gasteiger partial charge in [0.05, 0.1) is 6.04 Å². The van der Waals surface area contributed by atoms with Crippen molar-refractivity contribution < 1.29 is 4.79 Å². The quantitative estimate of drug-likeness (QED) is 0.898. The number of hydrogen-bond donors (Lipinski definition) is 1. The van der Waals surface area contributed by atoms with E-state index < -0.39 is 0 Å². The Hall–Kier alpha value is -1.55. The maximum atomic E-state index is 12.4. The summed E-state index contributed by atoms with van der Waals surface area (Å²) in [5.41, 5.74) is 2.15. The first kappa shape index (κ1) is 13.9. The van der Waals surface area contributed by atoms with E-state index in [9.17, 15) is 4.79 Å². The summed E-state index contributed by atoms with van der Waals surface area (Å²) in [5, 5.41) is 3.26. The van der Waals surface area contributed by atoms with Gasteiger partial charge in [-0.05, 0) is 43.7 Å². The topological polar surface area (TPSA) is 35.6 Å². The lowest BCUT2D eigenvalue weighted by Crippen LogP contribution is -2.50. The number of nitrogens with one attached hydrogen (secondary N) is 1. The summed E-state index contributed by atoms with van der Waals surface area (Å²) in [4.78, 5) is 16.3. The van der Waals surface area contributed by atoms with Gasteiger partial charge in [0.25, 0.3) is 0 Å². The van der Waals surface area contributed by atoms with Gasteiger partial charge in [0.1, 0.15) is 0 Å². The number of rotatable bonds is 4. The number of benzene rings is 1. The Morgan fingerprint density at radius 1 is 1.32 bits per heavy atom. The number of amides is 1. The van der Waals surface area contributed by atoms with Crippen LogP contribution in [-0.4, -0.2) is 39.1 Å². The van der Waals surface area contributed by atoms with E-state index in [-0.39, 0.29) is 11.9 Å². The highest BCUT2D eigenvalue weighted by Gasteiger charge is 2.28. The molecule has 104 valence electrons. The molecule has 0 bridgehead atoms. The zero-order valence-electron chi connectivity index (χ0n) is 12.0. The normalized spacial score (nSPS) is 19.6. The van der Waals surface area contributed by atoms with Crippen molar-refractivity contribution in [3.8, 4) is 0 Å². The Labute approximate surface area is 115 Å². The van der Waals surface area contributed by atoms with E-state index in [1.165, 1.54) is 0 Å². The van der Waals surface area contributed by atoms with Gasteiger partial charge in [-0.2, -0.15) is 0 Å². The van der Waals surface area contributed by atoms with Crippen LogP contribution in [-0.2, 0) is 4.79 Å². The molecule has 0 saturated carbocycles. The van der Waals surface area contributed by atoms with E-state index in [4.69, 9.17) is 0 Å². The number of carbonyl (C=O) groups excluding carboxylic acids is 1. The Kier molecular flexibility index (Phi) is 4.43. The molecule has 0 radical (unpaired) electrons. The van der Waals surface area contributed by atoms with Gasteiger partial charge in [-0.25, -0.2) is 0 Å². The van der Waals surface area contributed by atoms with Crippen LogP contribution < -0.4 is 15.1 Å². The molecule has 1 aromatic carbocycles. The Morgan fingerprint density at radius 3 is 2.58 bits per heavy atom. The van der Waals surface area contributed by atoms with Crippen molar-refractivity contribution in [3.05, 3.63) is 24.3 Å². The molecule has 4 heteroatoms. The molecule has 1 atom stereocenters. The van der Waals surface area contributed by atoms with Crippen LogP contribution in [0.1, 0.15) is 19.8 Å². The lowest BCUT2D eigenvalue weighted by molar-refractivity contribution is -0.121. The molecule has 1 saturated heterocycles. The lowest BCUT2D eigenvalue weighted by Gasteiger charge is -2.32. The number of piperidine rings is 1. The van der Waals surface area contributed by atoms with Crippen LogP contribution in [0.2, 0.25) is 0 Å². The molecule has 1 heterocycles. The first-order valence-corrected chi connectivity index (χ1v) is 6.95. The predicted octanol–water partition coefficient (Wildman–Crippen LogP) is 1.86. The molecule has 0 spiro atoms. The third kappa shape index (κ3) is 3.07. The van der Waals surface area contributed by atoms with Gasteiger partial charge in [-0.15, -0.1) is 0 Å². The van der Waals surface area contributed by atoms with E-state index in [1.54, 1.807) is 0 Å². The van der Waals surface area contributed by atoms with Gasteiger partial charge >= 0.3 is 0 Å². The largest absolute Gasteiger partial charge is 0.378 e. The summed E-state index contributed by atoms with van der Waals surface area (Å²) in [6, 6.07) is 8.15. The minimum atomic E-state index is -0.0210. The summed E-state index contributed by atoms with van der Waals surface area (Å²) in [5.74, 6) is 0.200. The van der Waals surface area contributed by atoms with Crippen LogP contribution in [0.25, 0.3) is 0 Å². The van der Waals surface area contributed by atoms with Gasteiger partial charge in [0.15, 0.2) is 0 Å². The van der Waals surface area contributed by atoms with Gasteiger partial charge < -0.3 is 15.1 Å². The molecule has 19 heavy (non-hydrogen) atoms. The van der Waals surface area contributed by atoms with Gasteiger partial charge in [0, 0.05) is 32.0 Å². The highest BCUT2D eigenvalue weighted by atomic mass is 16.2. The average molecular weight is 261 g/mol. The van der Waals surface area contributed by atoms with Crippen molar-refractivity contribution in [2.75, 3.05) is 37.0 Å². The van der Waals surface area contributed by atoms with Crippen molar-refractivity contribution in [1.82, 2.24) is 5.32 Å². The Morgan fingerprint density at radius 2 is 2.00 bits per heavy atom. The van der Waals surface area contributed by atoms with Crippen molar-refractivity contribution in [2.24, 2.45) is 0 Å². The molecule has 1 amide bonds. The maximum absolute atomic E-state index is 12.4. The minimum absolute atomic E-state index is 0.0210. The highest BCUT2D eigenvalue weighted by molar-refractivity contribution is 5.98. The lowest BCUT2D eigenvalue weighted by atomic mass is 10.0. The second kappa shape index (κ2) is 6.06. The molecule has 0 aromatic heterocycles. The van der Waals surface area contributed by atoms with Gasteiger partial charge in [-0.3, -0.25) is 4.79 Å². The first-order valence-electron chi connectivity index (χ1n) is 6.95. The number of carbonyl (C=O) groups is 1. The Balaban J connectivity index is 2.14. The third-order valence-corrected chi connectivity index (χ3v) is 3.57. The maximum Gasteiger partial charge on any atom is 0.244 e. The number of nitrogens with zero attached hydrogens (tertiary/aromatic N) is 2. The second-order valence-corrected chi connectivity index (χ2v) is 5.15. The number of anilines is 2. The van der Waals surface area contributed by atoms with E-state index in [0.717, 1.165) is 37.3 Å². The molecule has 1 unspecified atom stereocenters. The van der Waals surface area contributed by atoms with Crippen LogP contribution in [0.15, 0.2) is 24.3 Å². The van der Waals surface area contributed by atoms with Gasteiger partial charge in [-0.1, -0.05) is 6.92 Å². The predicted molar refractivity (Wildman–Crippen MR) is 79.8 cm³/mol. The number of likely N-dealkylation sites (N-methyl/N-ethyl adjacent to an activating group) is 1.